The van der Waals surface area contributed by atoms with E-state index in [1.807, 2.05) is 18.2 Å². The normalized spacial score (nSPS) is 10.2. The quantitative estimate of drug-likeness (QED) is 0.494. The number of carbonyl (C=O) groups is 1. The number of anilines is 1. The molecule has 0 amide bonds. The van der Waals surface area contributed by atoms with Gasteiger partial charge >= 0.3 is 5.97 Å². The summed E-state index contributed by atoms with van der Waals surface area (Å²) in [4.78, 5) is 11.9. The van der Waals surface area contributed by atoms with Crippen LogP contribution in [0.3, 0.4) is 0 Å². The van der Waals surface area contributed by atoms with Crippen molar-refractivity contribution in [1.29, 1.82) is 0 Å². The maximum atomic E-state index is 11.9. The molecule has 0 aromatic heterocycles. The van der Waals surface area contributed by atoms with Gasteiger partial charge < -0.3 is 10.5 Å². The molecule has 0 spiro atoms. The molecule has 19 heavy (non-hydrogen) atoms. The van der Waals surface area contributed by atoms with E-state index in [4.69, 9.17) is 22.1 Å². The van der Waals surface area contributed by atoms with E-state index in [1.165, 1.54) is 0 Å². The number of carbonyl (C=O) groups excluding carboxylic acids is 1. The van der Waals surface area contributed by atoms with Gasteiger partial charge in [0.25, 0.3) is 0 Å². The number of hydrogen-bond donors (Lipinski definition) is 1. The first-order valence-corrected chi connectivity index (χ1v) is 6.98. The highest BCUT2D eigenvalue weighted by atomic mass is 127. The van der Waals surface area contributed by atoms with Gasteiger partial charge in [-0.25, -0.2) is 4.79 Å². The summed E-state index contributed by atoms with van der Waals surface area (Å²) in [5.41, 5.74) is 7.39. The molecule has 0 fully saturated rings. The van der Waals surface area contributed by atoms with Crippen LogP contribution in [-0.4, -0.2) is 5.97 Å². The van der Waals surface area contributed by atoms with Gasteiger partial charge in [-0.1, -0.05) is 23.7 Å². The van der Waals surface area contributed by atoms with Crippen LogP contribution in [0.15, 0.2) is 42.5 Å². The SMILES string of the molecule is Nc1ccc(I)cc1C(=O)OCc1cccc(Cl)c1. The zero-order chi connectivity index (χ0) is 13.8. The Bertz CT molecular complexity index is 616. The average molecular weight is 388 g/mol. The minimum absolute atomic E-state index is 0.171. The van der Waals surface area contributed by atoms with Gasteiger partial charge in [0.15, 0.2) is 0 Å². The van der Waals surface area contributed by atoms with E-state index >= 15 is 0 Å². The third-order valence-corrected chi connectivity index (χ3v) is 3.40. The molecule has 0 saturated carbocycles. The zero-order valence-electron chi connectivity index (χ0n) is 9.90. The van der Waals surface area contributed by atoms with Crippen molar-refractivity contribution in [2.45, 2.75) is 6.61 Å². The van der Waals surface area contributed by atoms with Crippen molar-refractivity contribution >= 4 is 45.8 Å². The molecule has 0 aliphatic carbocycles. The lowest BCUT2D eigenvalue weighted by atomic mass is 10.2. The van der Waals surface area contributed by atoms with Crippen LogP contribution in [0.4, 0.5) is 5.69 Å². The highest BCUT2D eigenvalue weighted by Gasteiger charge is 2.11. The Morgan fingerprint density at radius 1 is 1.26 bits per heavy atom. The van der Waals surface area contributed by atoms with Crippen LogP contribution in [-0.2, 0) is 11.3 Å². The molecule has 0 radical (unpaired) electrons. The number of esters is 1. The topological polar surface area (TPSA) is 52.3 Å². The second kappa shape index (κ2) is 6.25. The minimum atomic E-state index is -0.434. The van der Waals surface area contributed by atoms with Crippen LogP contribution < -0.4 is 5.73 Å². The summed E-state index contributed by atoms with van der Waals surface area (Å²) in [7, 11) is 0. The van der Waals surface area contributed by atoms with Crippen LogP contribution >= 0.6 is 34.2 Å². The van der Waals surface area contributed by atoms with Crippen LogP contribution in [0.5, 0.6) is 0 Å². The van der Waals surface area contributed by atoms with Crippen LogP contribution in [0.25, 0.3) is 0 Å². The van der Waals surface area contributed by atoms with Crippen molar-refractivity contribution < 1.29 is 9.53 Å². The first-order chi connectivity index (χ1) is 9.06. The van der Waals surface area contributed by atoms with Crippen LogP contribution in [0, 0.1) is 3.57 Å². The standard InChI is InChI=1S/C14H11ClINO2/c15-10-3-1-2-9(6-10)8-19-14(18)12-7-11(16)4-5-13(12)17/h1-7H,8,17H2. The molecule has 98 valence electrons. The van der Waals surface area contributed by atoms with E-state index in [0.717, 1.165) is 9.13 Å². The number of nitrogens with two attached hydrogens (primary N) is 1. The summed E-state index contributed by atoms with van der Waals surface area (Å²) < 4.78 is 6.16. The fourth-order valence-corrected chi connectivity index (χ4v) is 2.26. The van der Waals surface area contributed by atoms with Gasteiger partial charge in [0, 0.05) is 14.3 Å². The summed E-state index contributed by atoms with van der Waals surface area (Å²) in [5, 5.41) is 0.613. The van der Waals surface area contributed by atoms with E-state index < -0.39 is 5.97 Å². The van der Waals surface area contributed by atoms with Crippen molar-refractivity contribution in [1.82, 2.24) is 0 Å². The maximum absolute atomic E-state index is 11.9. The van der Waals surface area contributed by atoms with Crippen molar-refractivity contribution in [3.63, 3.8) is 0 Å². The van der Waals surface area contributed by atoms with Crippen LogP contribution in [0.2, 0.25) is 5.02 Å². The van der Waals surface area contributed by atoms with E-state index in [-0.39, 0.29) is 6.61 Å². The van der Waals surface area contributed by atoms with E-state index in [2.05, 4.69) is 22.6 Å². The summed E-state index contributed by atoms with van der Waals surface area (Å²) in [5.74, 6) is -0.434. The first-order valence-electron chi connectivity index (χ1n) is 5.53. The number of ether oxygens (including phenoxy) is 1. The van der Waals surface area contributed by atoms with E-state index in [9.17, 15) is 4.79 Å². The third kappa shape index (κ3) is 3.84. The maximum Gasteiger partial charge on any atom is 0.340 e. The number of hydrogen-bond acceptors (Lipinski definition) is 3. The molecule has 0 aliphatic heterocycles. The summed E-state index contributed by atoms with van der Waals surface area (Å²) in [6, 6.07) is 12.4. The molecule has 2 rings (SSSR count). The molecule has 0 aliphatic rings. The molecular weight excluding hydrogens is 377 g/mol. The number of halogens is 2. The van der Waals surface area contributed by atoms with Gasteiger partial charge in [-0.15, -0.1) is 0 Å². The Morgan fingerprint density at radius 3 is 2.79 bits per heavy atom. The molecule has 2 aromatic rings. The number of benzene rings is 2. The smallest absolute Gasteiger partial charge is 0.340 e. The second-order valence-electron chi connectivity index (χ2n) is 3.94. The molecule has 3 nitrogen and oxygen atoms in total. The van der Waals surface area contributed by atoms with Crippen molar-refractivity contribution in [2.24, 2.45) is 0 Å². The predicted molar refractivity (Wildman–Crippen MR) is 84.1 cm³/mol. The van der Waals surface area contributed by atoms with Crippen LogP contribution in [0.1, 0.15) is 15.9 Å². The van der Waals surface area contributed by atoms with E-state index in [0.29, 0.717) is 16.3 Å². The minimum Gasteiger partial charge on any atom is -0.457 e. The highest BCUT2D eigenvalue weighted by molar-refractivity contribution is 14.1. The fraction of sp³-hybridized carbons (Fsp3) is 0.0714. The lowest BCUT2D eigenvalue weighted by Crippen LogP contribution is -2.08. The molecule has 5 heteroatoms. The Hall–Kier alpha value is -1.27. The number of rotatable bonds is 3. The Kier molecular flexibility index (Phi) is 4.66. The van der Waals surface area contributed by atoms with Gasteiger partial charge in [-0.2, -0.15) is 0 Å². The third-order valence-electron chi connectivity index (χ3n) is 2.49. The largest absolute Gasteiger partial charge is 0.457 e. The molecule has 0 saturated heterocycles. The number of nitrogen functional groups attached to an aromatic ring is 1. The molecule has 0 heterocycles. The Labute approximate surface area is 129 Å². The van der Waals surface area contributed by atoms with Crippen molar-refractivity contribution in [3.8, 4) is 0 Å². The average Bonchev–Trinajstić information content (AvgIpc) is 2.39. The Morgan fingerprint density at radius 2 is 2.05 bits per heavy atom. The van der Waals surface area contributed by atoms with E-state index in [1.54, 1.807) is 24.3 Å². The summed E-state index contributed by atoms with van der Waals surface area (Å²) in [6.07, 6.45) is 0. The van der Waals surface area contributed by atoms with Crippen molar-refractivity contribution in [3.05, 3.63) is 62.2 Å². The van der Waals surface area contributed by atoms with Gasteiger partial charge in [-0.3, -0.25) is 0 Å². The fourth-order valence-electron chi connectivity index (χ4n) is 1.56. The van der Waals surface area contributed by atoms with Gasteiger partial charge in [0.2, 0.25) is 0 Å². The summed E-state index contributed by atoms with van der Waals surface area (Å²) in [6.45, 7) is 0.171. The molecule has 0 unspecified atom stereocenters. The molecule has 0 atom stereocenters. The predicted octanol–water partition coefficient (Wildman–Crippen LogP) is 3.88. The molecule has 2 aromatic carbocycles. The second-order valence-corrected chi connectivity index (χ2v) is 5.62. The lowest BCUT2D eigenvalue weighted by Gasteiger charge is -2.07. The monoisotopic (exact) mass is 387 g/mol. The molecular formula is C14H11ClINO2. The first kappa shape index (κ1) is 14.1. The highest BCUT2D eigenvalue weighted by Crippen LogP contribution is 2.18. The van der Waals surface area contributed by atoms with Gasteiger partial charge in [0.1, 0.15) is 6.61 Å². The Balaban J connectivity index is 2.07. The van der Waals surface area contributed by atoms with Gasteiger partial charge in [0.05, 0.1) is 5.56 Å². The lowest BCUT2D eigenvalue weighted by molar-refractivity contribution is 0.0474. The molecule has 0 bridgehead atoms. The molecule has 2 N–H and O–H groups in total. The summed E-state index contributed by atoms with van der Waals surface area (Å²) >= 11 is 7.98. The van der Waals surface area contributed by atoms with Crippen molar-refractivity contribution in [2.75, 3.05) is 5.73 Å². The van der Waals surface area contributed by atoms with Gasteiger partial charge in [-0.05, 0) is 58.5 Å². The zero-order valence-corrected chi connectivity index (χ0v) is 12.8.